The Hall–Kier alpha value is -2.49. The molecule has 0 aliphatic heterocycles. The summed E-state index contributed by atoms with van der Waals surface area (Å²) in [5.74, 6) is 0. The topological polar surface area (TPSA) is 127 Å². The van der Waals surface area contributed by atoms with Crippen molar-refractivity contribution < 1.29 is 15.3 Å². The minimum atomic E-state index is -1.75. The Kier molecular flexibility index (Phi) is 4.97. The molecule has 1 aromatic heterocycles. The molecule has 0 fully saturated rings. The zero-order valence-electron chi connectivity index (χ0n) is 11.0. The maximum atomic E-state index is 12.1. The van der Waals surface area contributed by atoms with Gasteiger partial charge in [-0.15, -0.1) is 0 Å². The predicted molar refractivity (Wildman–Crippen MR) is 73.6 cm³/mol. The quantitative estimate of drug-likeness (QED) is 0.532. The molecule has 3 atom stereocenters. The third-order valence-electron chi connectivity index (χ3n) is 2.66. The van der Waals surface area contributed by atoms with Gasteiger partial charge in [-0.05, 0) is 18.2 Å². The van der Waals surface area contributed by atoms with Gasteiger partial charge in [0.1, 0.15) is 0 Å². The Bertz CT molecular complexity index is 611. The van der Waals surface area contributed by atoms with E-state index in [0.29, 0.717) is 0 Å². The molecule has 0 aromatic carbocycles. The van der Waals surface area contributed by atoms with Crippen molar-refractivity contribution in [2.45, 2.75) is 18.7 Å². The van der Waals surface area contributed by atoms with Crippen LogP contribution < -0.4 is 17.1 Å². The predicted octanol–water partition coefficient (Wildman–Crippen LogP) is -1.80. The molecule has 9 nitrogen and oxygen atoms in total. The van der Waals surface area contributed by atoms with Gasteiger partial charge in [0.15, 0.2) is 18.7 Å². The lowest BCUT2D eigenvalue weighted by molar-refractivity contribution is 0.0868. The minimum Gasteiger partial charge on any atom is -0.369 e. The third-order valence-corrected chi connectivity index (χ3v) is 2.66. The second kappa shape index (κ2) is 6.31. The molecular formula is C12H15N3O6. The Morgan fingerprint density at radius 2 is 0.857 bits per heavy atom. The molecule has 3 unspecified atom stereocenters. The number of aromatic nitrogens is 3. The van der Waals surface area contributed by atoms with Crippen LogP contribution in [0.25, 0.3) is 0 Å². The Balaban J connectivity index is 4.02. The van der Waals surface area contributed by atoms with Gasteiger partial charge in [0, 0.05) is 0 Å². The van der Waals surface area contributed by atoms with Gasteiger partial charge in [-0.3, -0.25) is 0 Å². The molecule has 0 saturated carbocycles. The number of hydrogen-bond acceptors (Lipinski definition) is 6. The monoisotopic (exact) mass is 297 g/mol. The molecule has 0 spiro atoms. The fourth-order valence-electron chi connectivity index (χ4n) is 1.59. The molecule has 0 amide bonds. The number of hydrogen-bond donors (Lipinski definition) is 3. The van der Waals surface area contributed by atoms with Crippen molar-refractivity contribution in [2.24, 2.45) is 0 Å². The van der Waals surface area contributed by atoms with Crippen molar-refractivity contribution in [3.63, 3.8) is 0 Å². The van der Waals surface area contributed by atoms with Gasteiger partial charge >= 0.3 is 17.1 Å². The van der Waals surface area contributed by atoms with Crippen LogP contribution >= 0.6 is 0 Å². The summed E-state index contributed by atoms with van der Waals surface area (Å²) in [6.45, 7) is 9.66. The standard InChI is InChI=1S/C12H15N3O6/c1-4-7(16)13-10(19)14(8(17)5-2)12(21)15(11(13)20)9(18)6-3/h4-9,16-18H,1-3H2. The van der Waals surface area contributed by atoms with Gasteiger partial charge < -0.3 is 15.3 Å². The first-order chi connectivity index (χ1) is 9.81. The van der Waals surface area contributed by atoms with E-state index in [1.54, 1.807) is 0 Å². The maximum Gasteiger partial charge on any atom is 0.341 e. The summed E-state index contributed by atoms with van der Waals surface area (Å²) in [4.78, 5) is 36.2. The molecule has 0 aliphatic rings. The minimum absolute atomic E-state index is 0.244. The molecule has 1 aromatic rings. The molecule has 0 radical (unpaired) electrons. The first kappa shape index (κ1) is 16.6. The molecule has 1 heterocycles. The Morgan fingerprint density at radius 1 is 0.667 bits per heavy atom. The molecule has 0 aliphatic carbocycles. The summed E-state index contributed by atoms with van der Waals surface area (Å²) in [5, 5.41) is 28.9. The van der Waals surface area contributed by atoms with Crippen LogP contribution in [0, 0.1) is 0 Å². The van der Waals surface area contributed by atoms with Crippen molar-refractivity contribution in [1.29, 1.82) is 0 Å². The van der Waals surface area contributed by atoms with Crippen LogP contribution in [0.3, 0.4) is 0 Å². The van der Waals surface area contributed by atoms with Crippen molar-refractivity contribution in [3.05, 3.63) is 69.4 Å². The first-order valence-corrected chi connectivity index (χ1v) is 5.73. The van der Waals surface area contributed by atoms with E-state index in [0.717, 1.165) is 18.2 Å². The van der Waals surface area contributed by atoms with Gasteiger partial charge in [0.2, 0.25) is 0 Å². The summed E-state index contributed by atoms with van der Waals surface area (Å²) in [6.07, 6.45) is -2.67. The summed E-state index contributed by atoms with van der Waals surface area (Å²) in [7, 11) is 0. The molecule has 21 heavy (non-hydrogen) atoms. The number of aliphatic hydroxyl groups is 3. The highest BCUT2D eigenvalue weighted by atomic mass is 16.3. The Labute approximate surface area is 118 Å². The Morgan fingerprint density at radius 3 is 1.00 bits per heavy atom. The van der Waals surface area contributed by atoms with Gasteiger partial charge in [-0.25, -0.2) is 28.1 Å². The SMILES string of the molecule is C=CC(O)n1c(=O)n(C(O)C=C)c(=O)n(C(O)C=C)c1=O. The summed E-state index contributed by atoms with van der Waals surface area (Å²) < 4.78 is 0.732. The van der Waals surface area contributed by atoms with E-state index in [2.05, 4.69) is 19.7 Å². The largest absolute Gasteiger partial charge is 0.369 e. The van der Waals surface area contributed by atoms with Crippen LogP contribution in [-0.2, 0) is 0 Å². The average Bonchev–Trinajstić information content (AvgIpc) is 2.46. The van der Waals surface area contributed by atoms with Crippen LogP contribution in [0.4, 0.5) is 0 Å². The fourth-order valence-corrected chi connectivity index (χ4v) is 1.59. The van der Waals surface area contributed by atoms with E-state index < -0.39 is 35.8 Å². The molecule has 1 rings (SSSR count). The zero-order chi connectivity index (χ0) is 16.3. The van der Waals surface area contributed by atoms with Gasteiger partial charge in [0.25, 0.3) is 0 Å². The van der Waals surface area contributed by atoms with Gasteiger partial charge in [-0.1, -0.05) is 19.7 Å². The highest BCUT2D eigenvalue weighted by molar-refractivity contribution is 4.92. The lowest BCUT2D eigenvalue weighted by Crippen LogP contribution is -2.57. The molecule has 0 saturated heterocycles. The van der Waals surface area contributed by atoms with E-state index in [1.165, 1.54) is 0 Å². The van der Waals surface area contributed by atoms with E-state index in [4.69, 9.17) is 0 Å². The number of rotatable bonds is 6. The molecule has 0 bridgehead atoms. The average molecular weight is 297 g/mol. The van der Waals surface area contributed by atoms with Crippen molar-refractivity contribution in [1.82, 2.24) is 13.7 Å². The van der Waals surface area contributed by atoms with Crippen molar-refractivity contribution >= 4 is 0 Å². The van der Waals surface area contributed by atoms with E-state index in [1.807, 2.05) is 0 Å². The summed E-state index contributed by atoms with van der Waals surface area (Å²) >= 11 is 0. The van der Waals surface area contributed by atoms with E-state index in [9.17, 15) is 29.7 Å². The third kappa shape index (κ3) is 2.70. The second-order valence-electron chi connectivity index (χ2n) is 3.91. The van der Waals surface area contributed by atoms with Crippen molar-refractivity contribution in [3.8, 4) is 0 Å². The van der Waals surface area contributed by atoms with E-state index in [-0.39, 0.29) is 13.7 Å². The lowest BCUT2D eigenvalue weighted by atomic mass is 10.5. The van der Waals surface area contributed by atoms with Crippen LogP contribution in [0.2, 0.25) is 0 Å². The second-order valence-corrected chi connectivity index (χ2v) is 3.91. The zero-order valence-corrected chi connectivity index (χ0v) is 11.0. The van der Waals surface area contributed by atoms with Gasteiger partial charge in [-0.2, -0.15) is 0 Å². The van der Waals surface area contributed by atoms with Crippen LogP contribution in [0.1, 0.15) is 18.7 Å². The van der Waals surface area contributed by atoms with E-state index >= 15 is 0 Å². The highest BCUT2D eigenvalue weighted by Gasteiger charge is 2.23. The molecular weight excluding hydrogens is 282 g/mol. The fraction of sp³-hybridized carbons (Fsp3) is 0.250. The highest BCUT2D eigenvalue weighted by Crippen LogP contribution is 2.00. The summed E-state index contributed by atoms with van der Waals surface area (Å²) in [6, 6.07) is 0. The summed E-state index contributed by atoms with van der Waals surface area (Å²) in [5.41, 5.74) is -3.84. The first-order valence-electron chi connectivity index (χ1n) is 5.73. The lowest BCUT2D eigenvalue weighted by Gasteiger charge is -2.18. The van der Waals surface area contributed by atoms with Crippen LogP contribution in [-0.4, -0.2) is 29.0 Å². The van der Waals surface area contributed by atoms with Crippen LogP contribution in [0.15, 0.2) is 52.3 Å². The number of aliphatic hydroxyl groups excluding tert-OH is 3. The molecule has 114 valence electrons. The normalized spacial score (nSPS) is 15.0. The maximum absolute atomic E-state index is 12.1. The molecule has 3 N–H and O–H groups in total. The van der Waals surface area contributed by atoms with Crippen LogP contribution in [0.5, 0.6) is 0 Å². The van der Waals surface area contributed by atoms with Crippen molar-refractivity contribution in [2.75, 3.05) is 0 Å². The smallest absolute Gasteiger partial charge is 0.341 e. The molecule has 9 heteroatoms. The number of nitrogens with zero attached hydrogens (tertiary/aromatic N) is 3. The van der Waals surface area contributed by atoms with Gasteiger partial charge in [0.05, 0.1) is 0 Å².